The average Bonchev–Trinajstić information content (AvgIpc) is 3.63. The predicted octanol–water partition coefficient (Wildman–Crippen LogP) is 5.72. The van der Waals surface area contributed by atoms with Crippen molar-refractivity contribution >= 4 is 18.0 Å². The van der Waals surface area contributed by atoms with Crippen LogP contribution in [0.25, 0.3) is 0 Å². The van der Waals surface area contributed by atoms with Crippen molar-refractivity contribution in [1.29, 1.82) is 0 Å². The topological polar surface area (TPSA) is 113 Å². The van der Waals surface area contributed by atoms with Crippen molar-refractivity contribution in [3.05, 3.63) is 0 Å². The molecule has 11 heteroatoms. The third-order valence-corrected chi connectivity index (χ3v) is 7.15. The van der Waals surface area contributed by atoms with E-state index >= 15 is 0 Å². The van der Waals surface area contributed by atoms with E-state index in [2.05, 4.69) is 0 Å². The molecular formula is C32H58N2O9. The van der Waals surface area contributed by atoms with Crippen LogP contribution in [0, 0.1) is 0 Å². The zero-order valence-electron chi connectivity index (χ0n) is 28.0. The number of unbranched alkanes of at least 4 members (excludes halogenated alkanes) is 2. The van der Waals surface area contributed by atoms with E-state index in [1.165, 1.54) is 0 Å². The van der Waals surface area contributed by atoms with Gasteiger partial charge in [-0.05, 0) is 93.9 Å². The molecule has 0 aromatic heterocycles. The number of nitrogens with zero attached hydrogens (tertiary/aromatic N) is 2. The van der Waals surface area contributed by atoms with Crippen molar-refractivity contribution in [3.8, 4) is 0 Å². The SMILES string of the molecule is CC(=O)CCCCO[C@@H]1CCN(C(=O)OC(C)(C)C)C1.CC(C)(C)OC(=O)N1CC[C@@H](OCCCCC2(C)OCCO2)C1. The monoisotopic (exact) mass is 614 g/mol. The Kier molecular flexibility index (Phi) is 15.2. The molecule has 3 aliphatic heterocycles. The maximum absolute atomic E-state index is 12.0. The summed E-state index contributed by atoms with van der Waals surface area (Å²) in [5.41, 5.74) is -0.904. The predicted molar refractivity (Wildman–Crippen MR) is 163 cm³/mol. The zero-order valence-corrected chi connectivity index (χ0v) is 28.0. The van der Waals surface area contributed by atoms with Crippen LogP contribution < -0.4 is 0 Å². The lowest BCUT2D eigenvalue weighted by Gasteiger charge is -2.24. The number of hydrogen-bond acceptors (Lipinski definition) is 9. The molecule has 0 aromatic rings. The third-order valence-electron chi connectivity index (χ3n) is 7.15. The number of hydrogen-bond donors (Lipinski definition) is 0. The van der Waals surface area contributed by atoms with E-state index in [9.17, 15) is 14.4 Å². The first-order valence-corrected chi connectivity index (χ1v) is 16.0. The number of Topliss-reactive ketones (excluding diaryl/α,β-unsaturated/α-hetero) is 1. The van der Waals surface area contributed by atoms with Crippen LogP contribution in [-0.2, 0) is 33.2 Å². The fraction of sp³-hybridized carbons (Fsp3) is 0.906. The molecule has 0 aliphatic carbocycles. The quantitative estimate of drug-likeness (QED) is 0.255. The van der Waals surface area contributed by atoms with E-state index in [1.807, 2.05) is 48.5 Å². The first-order valence-electron chi connectivity index (χ1n) is 16.0. The fourth-order valence-electron chi connectivity index (χ4n) is 4.94. The largest absolute Gasteiger partial charge is 0.444 e. The molecule has 250 valence electrons. The van der Waals surface area contributed by atoms with Crippen LogP contribution in [0.2, 0.25) is 0 Å². The van der Waals surface area contributed by atoms with Gasteiger partial charge in [-0.25, -0.2) is 9.59 Å². The Bertz CT molecular complexity index is 862. The molecule has 0 bridgehead atoms. The lowest BCUT2D eigenvalue weighted by Crippen LogP contribution is -2.36. The highest BCUT2D eigenvalue weighted by Crippen LogP contribution is 2.25. The molecule has 0 aromatic carbocycles. The van der Waals surface area contributed by atoms with Gasteiger partial charge in [0.25, 0.3) is 0 Å². The fourth-order valence-corrected chi connectivity index (χ4v) is 4.94. The summed E-state index contributed by atoms with van der Waals surface area (Å²) in [6, 6.07) is 0. The first kappa shape index (κ1) is 37.2. The number of likely N-dealkylation sites (tertiary alicyclic amines) is 2. The maximum atomic E-state index is 12.0. The normalized spacial score (nSPS) is 21.9. The van der Waals surface area contributed by atoms with Gasteiger partial charge in [-0.3, -0.25) is 0 Å². The number of carbonyl (C=O) groups is 3. The van der Waals surface area contributed by atoms with Gasteiger partial charge in [0, 0.05) is 39.1 Å². The highest BCUT2D eigenvalue weighted by molar-refractivity contribution is 5.75. The van der Waals surface area contributed by atoms with Crippen molar-refractivity contribution in [3.63, 3.8) is 0 Å². The minimum Gasteiger partial charge on any atom is -0.444 e. The molecule has 3 heterocycles. The summed E-state index contributed by atoms with van der Waals surface area (Å²) in [5, 5.41) is 0. The third kappa shape index (κ3) is 16.1. The number of carbonyl (C=O) groups excluding carboxylic acids is 3. The van der Waals surface area contributed by atoms with Crippen molar-refractivity contribution in [2.24, 2.45) is 0 Å². The summed E-state index contributed by atoms with van der Waals surface area (Å²) < 4.78 is 33.5. The molecule has 0 unspecified atom stereocenters. The lowest BCUT2D eigenvalue weighted by molar-refractivity contribution is -0.148. The van der Waals surface area contributed by atoms with Gasteiger partial charge in [-0.2, -0.15) is 0 Å². The Balaban J connectivity index is 0.000000304. The smallest absolute Gasteiger partial charge is 0.410 e. The van der Waals surface area contributed by atoms with Crippen molar-refractivity contribution < 1.29 is 42.8 Å². The second kappa shape index (κ2) is 17.5. The van der Waals surface area contributed by atoms with E-state index in [0.29, 0.717) is 59.0 Å². The number of rotatable bonds is 12. The highest BCUT2D eigenvalue weighted by Gasteiger charge is 2.32. The minimum atomic E-state index is -0.456. The second-order valence-electron chi connectivity index (χ2n) is 13.9. The van der Waals surface area contributed by atoms with E-state index < -0.39 is 17.0 Å². The minimum absolute atomic E-state index is 0.0971. The Hall–Kier alpha value is -1.95. The van der Waals surface area contributed by atoms with Crippen molar-refractivity contribution in [2.75, 3.05) is 52.6 Å². The van der Waals surface area contributed by atoms with Crippen molar-refractivity contribution in [1.82, 2.24) is 9.80 Å². The van der Waals surface area contributed by atoms with E-state index in [0.717, 1.165) is 44.9 Å². The summed E-state index contributed by atoms with van der Waals surface area (Å²) in [5.74, 6) is -0.178. The number of ketones is 1. The number of amides is 2. The van der Waals surface area contributed by atoms with Crippen LogP contribution in [-0.4, -0.2) is 110 Å². The van der Waals surface area contributed by atoms with Crippen LogP contribution in [0.1, 0.15) is 107 Å². The Morgan fingerprint density at radius 1 is 0.744 bits per heavy atom. The van der Waals surface area contributed by atoms with E-state index in [1.54, 1.807) is 16.7 Å². The van der Waals surface area contributed by atoms with Gasteiger partial charge in [0.2, 0.25) is 0 Å². The van der Waals surface area contributed by atoms with Crippen LogP contribution in [0.5, 0.6) is 0 Å². The molecule has 0 saturated carbocycles. The molecule has 3 fully saturated rings. The van der Waals surface area contributed by atoms with Crippen LogP contribution >= 0.6 is 0 Å². The maximum Gasteiger partial charge on any atom is 0.410 e. The van der Waals surface area contributed by atoms with Gasteiger partial charge in [-0.15, -0.1) is 0 Å². The average molecular weight is 615 g/mol. The molecule has 3 rings (SSSR count). The molecule has 0 spiro atoms. The van der Waals surface area contributed by atoms with Gasteiger partial charge in [0.1, 0.15) is 17.0 Å². The highest BCUT2D eigenvalue weighted by atomic mass is 16.7. The lowest BCUT2D eigenvalue weighted by atomic mass is 10.1. The molecule has 0 N–H and O–H groups in total. The molecule has 3 aliphatic rings. The molecular weight excluding hydrogens is 556 g/mol. The summed E-state index contributed by atoms with van der Waals surface area (Å²) in [6.07, 6.45) is 6.72. The Morgan fingerprint density at radius 2 is 1.19 bits per heavy atom. The van der Waals surface area contributed by atoms with E-state index in [-0.39, 0.29) is 30.2 Å². The Morgan fingerprint density at radius 3 is 1.60 bits per heavy atom. The van der Waals surface area contributed by atoms with E-state index in [4.69, 9.17) is 28.4 Å². The van der Waals surface area contributed by atoms with Crippen LogP contribution in [0.3, 0.4) is 0 Å². The zero-order chi connectivity index (χ0) is 32.1. The van der Waals surface area contributed by atoms with Gasteiger partial charge in [-0.1, -0.05) is 0 Å². The second-order valence-corrected chi connectivity index (χ2v) is 13.9. The van der Waals surface area contributed by atoms with Gasteiger partial charge in [0.15, 0.2) is 5.79 Å². The van der Waals surface area contributed by atoms with Crippen molar-refractivity contribution in [2.45, 2.75) is 136 Å². The first-order chi connectivity index (χ1) is 20.1. The van der Waals surface area contributed by atoms with Gasteiger partial charge >= 0.3 is 12.2 Å². The molecule has 43 heavy (non-hydrogen) atoms. The Labute approximate surface area is 259 Å². The van der Waals surface area contributed by atoms with Gasteiger partial charge < -0.3 is 43.0 Å². The molecule has 11 nitrogen and oxygen atoms in total. The van der Waals surface area contributed by atoms with Crippen LogP contribution in [0.15, 0.2) is 0 Å². The summed E-state index contributed by atoms with van der Waals surface area (Å²) in [6.45, 7) is 20.2. The molecule has 0 radical (unpaired) electrons. The molecule has 3 saturated heterocycles. The molecule has 2 amide bonds. The standard InChI is InChI=1S/C17H31NO5.C15H27NO4/c1-16(2,3)23-15(19)18-9-7-14(13-18)20-10-6-5-8-17(4)21-11-12-22-17;1-12(17)7-5-6-10-19-13-8-9-16(11-13)14(18)20-15(2,3)4/h14H,5-13H2,1-4H3;13H,5-11H2,1-4H3/t14-;13-/m11/s1. The summed E-state index contributed by atoms with van der Waals surface area (Å²) in [4.78, 5) is 38.1. The summed E-state index contributed by atoms with van der Waals surface area (Å²) in [7, 11) is 0. The van der Waals surface area contributed by atoms with Gasteiger partial charge in [0.05, 0.1) is 38.5 Å². The summed E-state index contributed by atoms with van der Waals surface area (Å²) >= 11 is 0. The molecule has 2 atom stereocenters. The number of ether oxygens (including phenoxy) is 6. The van der Waals surface area contributed by atoms with Crippen LogP contribution in [0.4, 0.5) is 9.59 Å².